The summed E-state index contributed by atoms with van der Waals surface area (Å²) in [5.41, 5.74) is -0.351. The molecule has 1 N–H and O–H groups in total. The Kier molecular flexibility index (Phi) is 3.38. The third kappa shape index (κ3) is 2.69. The topological polar surface area (TPSA) is 38.3 Å². The number of nitrogens with one attached hydrogen (secondary N) is 1. The summed E-state index contributed by atoms with van der Waals surface area (Å²) >= 11 is 5.61. The van der Waals surface area contributed by atoms with Crippen LogP contribution < -0.4 is 5.32 Å². The predicted molar refractivity (Wildman–Crippen MR) is 58.3 cm³/mol. The molecule has 3 nitrogen and oxygen atoms in total. The van der Waals surface area contributed by atoms with E-state index in [4.69, 9.17) is 11.6 Å². The van der Waals surface area contributed by atoms with Crippen molar-refractivity contribution in [2.75, 3.05) is 6.61 Å². The van der Waals surface area contributed by atoms with E-state index in [1.807, 2.05) is 0 Å². The summed E-state index contributed by atoms with van der Waals surface area (Å²) in [6, 6.07) is 3.08. The Hall–Kier alpha value is -1.43. The summed E-state index contributed by atoms with van der Waals surface area (Å²) in [4.78, 5) is 11.0. The normalized spacial score (nSPS) is 20.2. The zero-order valence-corrected chi connectivity index (χ0v) is 9.81. The molecular weight excluding hydrogens is 271 g/mol. The number of alkyl halides is 3. The molecule has 18 heavy (non-hydrogen) atoms. The maximum Gasteiger partial charge on any atom is 0.417 e. The highest BCUT2D eigenvalue weighted by Gasteiger charge is 2.33. The summed E-state index contributed by atoms with van der Waals surface area (Å²) in [6.07, 6.45) is -4.57. The third-order valence-electron chi connectivity index (χ3n) is 2.63. The van der Waals surface area contributed by atoms with Gasteiger partial charge in [0.2, 0.25) is 0 Å². The van der Waals surface area contributed by atoms with E-state index in [2.05, 4.69) is 10.1 Å². The zero-order valence-electron chi connectivity index (χ0n) is 9.05. The molecule has 1 aliphatic rings. The number of cyclic esters (lactones) is 1. The molecule has 0 aliphatic carbocycles. The van der Waals surface area contributed by atoms with E-state index in [9.17, 15) is 18.0 Å². The molecule has 7 heteroatoms. The molecule has 1 amide bonds. The van der Waals surface area contributed by atoms with E-state index >= 15 is 0 Å². The van der Waals surface area contributed by atoms with Crippen LogP contribution in [0.1, 0.15) is 23.6 Å². The summed E-state index contributed by atoms with van der Waals surface area (Å²) in [6.45, 7) is 0.231. The second-order valence-corrected chi connectivity index (χ2v) is 4.27. The van der Waals surface area contributed by atoms with E-state index in [-0.39, 0.29) is 17.7 Å². The van der Waals surface area contributed by atoms with E-state index < -0.39 is 17.8 Å². The maximum absolute atomic E-state index is 12.5. The number of hydrogen-bond acceptors (Lipinski definition) is 2. The minimum absolute atomic E-state index is 0.231. The summed E-state index contributed by atoms with van der Waals surface area (Å²) in [7, 11) is 0. The molecule has 1 heterocycles. The van der Waals surface area contributed by atoms with Crippen molar-refractivity contribution in [3.63, 3.8) is 0 Å². The fraction of sp³-hybridized carbons (Fsp3) is 0.364. The van der Waals surface area contributed by atoms with Crippen LogP contribution in [0.3, 0.4) is 0 Å². The first-order valence-electron chi connectivity index (χ1n) is 5.18. The van der Waals surface area contributed by atoms with Crippen LogP contribution in [-0.4, -0.2) is 12.7 Å². The van der Waals surface area contributed by atoms with E-state index in [1.165, 1.54) is 12.1 Å². The van der Waals surface area contributed by atoms with Gasteiger partial charge in [0.1, 0.15) is 0 Å². The molecule has 0 spiro atoms. The van der Waals surface area contributed by atoms with Crippen LogP contribution in [0.25, 0.3) is 0 Å². The highest BCUT2D eigenvalue weighted by atomic mass is 35.5. The van der Waals surface area contributed by atoms with Gasteiger partial charge >= 0.3 is 12.3 Å². The highest BCUT2D eigenvalue weighted by molar-refractivity contribution is 6.31. The summed E-state index contributed by atoms with van der Waals surface area (Å²) < 4.78 is 42.2. The van der Waals surface area contributed by atoms with Gasteiger partial charge in [0.15, 0.2) is 0 Å². The molecule has 0 aromatic heterocycles. The van der Waals surface area contributed by atoms with E-state index in [0.717, 1.165) is 6.07 Å². The number of carbonyl (C=O) groups excluding carboxylic acids is 1. The number of hydrogen-bond donors (Lipinski definition) is 1. The van der Waals surface area contributed by atoms with Gasteiger partial charge in [-0.05, 0) is 17.7 Å². The first-order valence-corrected chi connectivity index (χ1v) is 5.55. The Morgan fingerprint density at radius 3 is 2.67 bits per heavy atom. The number of alkyl carbamates (subject to hydrolysis) is 1. The van der Waals surface area contributed by atoms with E-state index in [1.54, 1.807) is 0 Å². The van der Waals surface area contributed by atoms with Gasteiger partial charge in [-0.1, -0.05) is 17.7 Å². The van der Waals surface area contributed by atoms with Crippen molar-refractivity contribution < 1.29 is 22.7 Å². The molecule has 98 valence electrons. The molecule has 0 saturated carbocycles. The van der Waals surface area contributed by atoms with Crippen molar-refractivity contribution in [3.05, 3.63) is 34.3 Å². The molecule has 1 aromatic carbocycles. The molecule has 1 aromatic rings. The second kappa shape index (κ2) is 4.68. The lowest BCUT2D eigenvalue weighted by atomic mass is 10.0. The van der Waals surface area contributed by atoms with Gasteiger partial charge in [-0.2, -0.15) is 13.2 Å². The Labute approximate surface area is 106 Å². The van der Waals surface area contributed by atoms with Gasteiger partial charge in [0, 0.05) is 6.42 Å². The first-order chi connectivity index (χ1) is 8.38. The largest absolute Gasteiger partial charge is 0.449 e. The minimum atomic E-state index is -4.48. The van der Waals surface area contributed by atoms with Crippen molar-refractivity contribution in [2.24, 2.45) is 0 Å². The average Bonchev–Trinajstić information content (AvgIpc) is 2.27. The van der Waals surface area contributed by atoms with Crippen molar-refractivity contribution in [3.8, 4) is 0 Å². The number of benzene rings is 1. The molecule has 1 atom stereocenters. The lowest BCUT2D eigenvalue weighted by Gasteiger charge is -2.24. The van der Waals surface area contributed by atoms with Crippen LogP contribution in [0, 0.1) is 0 Å². The lowest BCUT2D eigenvalue weighted by Crippen LogP contribution is -2.35. The second-order valence-electron chi connectivity index (χ2n) is 3.86. The summed E-state index contributed by atoms with van der Waals surface area (Å²) in [5, 5.41) is 2.14. The Balaban J connectivity index is 2.26. The molecule has 0 radical (unpaired) electrons. The minimum Gasteiger partial charge on any atom is -0.449 e. The van der Waals surface area contributed by atoms with E-state index in [0.29, 0.717) is 12.0 Å². The van der Waals surface area contributed by atoms with Crippen LogP contribution in [0.15, 0.2) is 18.2 Å². The molecule has 0 bridgehead atoms. The highest BCUT2D eigenvalue weighted by Crippen LogP contribution is 2.36. The van der Waals surface area contributed by atoms with Crippen molar-refractivity contribution in [1.82, 2.24) is 5.32 Å². The lowest BCUT2D eigenvalue weighted by molar-refractivity contribution is -0.137. The van der Waals surface area contributed by atoms with Gasteiger partial charge in [0.25, 0.3) is 0 Å². The smallest absolute Gasteiger partial charge is 0.417 e. The monoisotopic (exact) mass is 279 g/mol. The molecular formula is C11H9ClF3NO2. The Morgan fingerprint density at radius 2 is 2.11 bits per heavy atom. The van der Waals surface area contributed by atoms with Crippen molar-refractivity contribution in [1.29, 1.82) is 0 Å². The molecule has 1 saturated heterocycles. The van der Waals surface area contributed by atoms with Crippen LogP contribution in [0.2, 0.25) is 5.02 Å². The van der Waals surface area contributed by atoms with Crippen LogP contribution in [0.5, 0.6) is 0 Å². The number of halogens is 4. The average molecular weight is 280 g/mol. The maximum atomic E-state index is 12.5. The van der Waals surface area contributed by atoms with Gasteiger partial charge in [-0.25, -0.2) is 4.79 Å². The van der Waals surface area contributed by atoms with Crippen molar-refractivity contribution >= 4 is 17.7 Å². The SMILES string of the molecule is O=C1N[C@H](c2ccc(C(F)(F)F)c(Cl)c2)CCO1. The molecule has 0 unspecified atom stereocenters. The quantitative estimate of drug-likeness (QED) is 0.854. The van der Waals surface area contributed by atoms with Gasteiger partial charge in [0.05, 0.1) is 23.2 Å². The molecule has 1 aliphatic heterocycles. The van der Waals surface area contributed by atoms with Crippen molar-refractivity contribution in [2.45, 2.75) is 18.6 Å². The Morgan fingerprint density at radius 1 is 1.39 bits per heavy atom. The fourth-order valence-corrected chi connectivity index (χ4v) is 2.05. The fourth-order valence-electron chi connectivity index (χ4n) is 1.75. The number of carbonyl (C=O) groups is 1. The number of ether oxygens (including phenoxy) is 1. The standard InChI is InChI=1S/C11H9ClF3NO2/c12-8-5-6(1-2-7(8)11(13,14)15)9-3-4-18-10(17)16-9/h1-2,5,9H,3-4H2,(H,16,17)/t9-/m0/s1. The number of rotatable bonds is 1. The first kappa shape index (κ1) is 13.0. The molecule has 1 fully saturated rings. The number of amides is 1. The van der Waals surface area contributed by atoms with Gasteiger partial charge < -0.3 is 10.1 Å². The third-order valence-corrected chi connectivity index (χ3v) is 2.95. The van der Waals surface area contributed by atoms with Crippen LogP contribution in [0.4, 0.5) is 18.0 Å². The Bertz CT molecular complexity index is 476. The van der Waals surface area contributed by atoms with Gasteiger partial charge in [-0.15, -0.1) is 0 Å². The molecule has 2 rings (SSSR count). The van der Waals surface area contributed by atoms with Crippen LogP contribution in [-0.2, 0) is 10.9 Å². The zero-order chi connectivity index (χ0) is 13.3. The summed E-state index contributed by atoms with van der Waals surface area (Å²) in [5.74, 6) is 0. The van der Waals surface area contributed by atoms with Gasteiger partial charge in [-0.3, -0.25) is 0 Å². The van der Waals surface area contributed by atoms with Crippen LogP contribution >= 0.6 is 11.6 Å². The predicted octanol–water partition coefficient (Wildman–Crippen LogP) is 3.53.